The van der Waals surface area contributed by atoms with Gasteiger partial charge in [0.05, 0.1) is 0 Å². The fourth-order valence-corrected chi connectivity index (χ4v) is 0.524. The topological polar surface area (TPSA) is 17.8 Å². The van der Waals surface area contributed by atoms with Gasteiger partial charge in [-0.1, -0.05) is 0 Å². The van der Waals surface area contributed by atoms with Crippen molar-refractivity contribution in [3.8, 4) is 0 Å². The lowest BCUT2D eigenvalue weighted by Gasteiger charge is -2.10. The van der Waals surface area contributed by atoms with E-state index in [0.29, 0.717) is 0 Å². The van der Waals surface area contributed by atoms with Gasteiger partial charge in [0.1, 0.15) is 0 Å². The van der Waals surface area contributed by atoms with E-state index < -0.39 is 12.7 Å². The van der Waals surface area contributed by atoms with Crippen molar-refractivity contribution in [1.29, 1.82) is 0 Å². The van der Waals surface area contributed by atoms with Crippen LogP contribution in [0.2, 0.25) is 0 Å². The maximum absolute atomic E-state index is 12.2. The van der Waals surface area contributed by atoms with Gasteiger partial charge >= 0.3 is 6.05 Å². The van der Waals surface area contributed by atoms with Gasteiger partial charge in [0, 0.05) is 12.4 Å². The Morgan fingerprint density at radius 2 is 2.20 bits per heavy atom. The number of halogens is 3. The van der Waals surface area contributed by atoms with E-state index in [-0.39, 0.29) is 4.68 Å². The van der Waals surface area contributed by atoms with E-state index in [1.807, 2.05) is 0 Å². The molecule has 0 saturated heterocycles. The molecule has 0 aliphatic heterocycles. The van der Waals surface area contributed by atoms with Crippen molar-refractivity contribution in [1.82, 2.24) is 9.78 Å². The van der Waals surface area contributed by atoms with E-state index in [1.165, 1.54) is 12.3 Å². The summed E-state index contributed by atoms with van der Waals surface area (Å²) < 4.78 is 36.3. The second-order valence-electron chi connectivity index (χ2n) is 1.75. The second kappa shape index (κ2) is 2.32. The maximum atomic E-state index is 12.2. The Morgan fingerprint density at radius 3 is 2.60 bits per heavy atom. The van der Waals surface area contributed by atoms with Crippen molar-refractivity contribution in [2.75, 3.05) is 6.67 Å². The Kier molecular flexibility index (Phi) is 1.65. The van der Waals surface area contributed by atoms with Crippen molar-refractivity contribution in [2.24, 2.45) is 0 Å². The van der Waals surface area contributed by atoms with Crippen molar-refractivity contribution < 1.29 is 13.2 Å². The summed E-state index contributed by atoms with van der Waals surface area (Å²) in [6, 6.07) is -2.19. The van der Waals surface area contributed by atoms with Crippen LogP contribution in [0.5, 0.6) is 0 Å². The monoisotopic (exact) mass is 150 g/mol. The predicted molar refractivity (Wildman–Crippen MR) is 28.4 cm³/mol. The molecule has 5 heteroatoms. The average molecular weight is 150 g/mol. The second-order valence-corrected chi connectivity index (χ2v) is 1.75. The molecule has 0 atom stereocenters. The number of hydrogen-bond acceptors (Lipinski definition) is 1. The molecule has 1 aromatic rings. The molecule has 0 aliphatic rings. The van der Waals surface area contributed by atoms with E-state index >= 15 is 0 Å². The van der Waals surface area contributed by atoms with Crippen LogP contribution in [0.25, 0.3) is 0 Å². The molecule has 0 unspecified atom stereocenters. The third-order valence-corrected chi connectivity index (χ3v) is 1.00. The van der Waals surface area contributed by atoms with Crippen LogP contribution in [-0.4, -0.2) is 16.5 Å². The molecule has 0 fully saturated rings. The molecule has 10 heavy (non-hydrogen) atoms. The van der Waals surface area contributed by atoms with Crippen LogP contribution in [0.3, 0.4) is 0 Å². The summed E-state index contributed by atoms with van der Waals surface area (Å²) in [7, 11) is 0. The summed E-state index contributed by atoms with van der Waals surface area (Å²) in [5, 5.41) is 3.19. The van der Waals surface area contributed by atoms with Gasteiger partial charge in [-0.15, -0.1) is 0 Å². The molecule has 56 valence electrons. The summed E-state index contributed by atoms with van der Waals surface area (Å²) in [6.45, 7) is -1.73. The minimum Gasteiger partial charge on any atom is -0.242 e. The molecular formula is C5H5F3N2. The fraction of sp³-hybridized carbons (Fsp3) is 0.400. The molecule has 1 heterocycles. The molecule has 0 N–H and O–H groups in total. The third-order valence-electron chi connectivity index (χ3n) is 1.00. The van der Waals surface area contributed by atoms with Crippen molar-refractivity contribution in [3.05, 3.63) is 18.5 Å². The Hall–Kier alpha value is -1.00. The molecule has 0 amide bonds. The summed E-state index contributed by atoms with van der Waals surface area (Å²) in [5.41, 5.74) is 0. The minimum atomic E-state index is -3.50. The van der Waals surface area contributed by atoms with Crippen LogP contribution in [0.4, 0.5) is 13.2 Å². The number of alkyl halides is 3. The molecule has 0 bridgehead atoms. The first-order chi connectivity index (χ1) is 4.67. The van der Waals surface area contributed by atoms with Gasteiger partial charge in [0.25, 0.3) is 0 Å². The van der Waals surface area contributed by atoms with E-state index in [4.69, 9.17) is 0 Å². The van der Waals surface area contributed by atoms with Crippen LogP contribution in [0, 0.1) is 0 Å². The van der Waals surface area contributed by atoms with Crippen LogP contribution >= 0.6 is 0 Å². The molecule has 1 aromatic heterocycles. The van der Waals surface area contributed by atoms with Gasteiger partial charge in [-0.3, -0.25) is 0 Å². The quantitative estimate of drug-likeness (QED) is 0.623. The average Bonchev–Trinajstić information content (AvgIpc) is 2.38. The molecule has 0 saturated carbocycles. The highest BCUT2D eigenvalue weighted by atomic mass is 19.3. The summed E-state index contributed by atoms with van der Waals surface area (Å²) in [4.78, 5) is 0. The van der Waals surface area contributed by atoms with Crippen molar-refractivity contribution >= 4 is 0 Å². The normalized spacial score (nSPS) is 11.9. The summed E-state index contributed by atoms with van der Waals surface area (Å²) in [6.07, 6.45) is 2.18. The smallest absolute Gasteiger partial charge is 0.242 e. The largest absolute Gasteiger partial charge is 0.371 e. The zero-order valence-corrected chi connectivity index (χ0v) is 4.97. The fourth-order valence-electron chi connectivity index (χ4n) is 0.524. The molecule has 0 aromatic carbocycles. The zero-order valence-electron chi connectivity index (χ0n) is 4.97. The van der Waals surface area contributed by atoms with Crippen LogP contribution in [0.1, 0.15) is 0 Å². The standard InChI is InChI=1S/C5H5F3N2/c6-4-5(7,8)10-3-1-2-9-10/h1-3H,4H2. The SMILES string of the molecule is FCC(F)(F)n1cccn1. The summed E-state index contributed by atoms with van der Waals surface area (Å²) >= 11 is 0. The molecular weight excluding hydrogens is 145 g/mol. The highest BCUT2D eigenvalue weighted by molar-refractivity contribution is 4.80. The highest BCUT2D eigenvalue weighted by Crippen LogP contribution is 2.18. The van der Waals surface area contributed by atoms with Gasteiger partial charge in [-0.05, 0) is 6.07 Å². The number of rotatable bonds is 2. The highest BCUT2D eigenvalue weighted by Gasteiger charge is 2.31. The first kappa shape index (κ1) is 7.11. The molecule has 0 radical (unpaired) electrons. The lowest BCUT2D eigenvalue weighted by atomic mass is 10.6. The Bertz CT molecular complexity index is 195. The van der Waals surface area contributed by atoms with Gasteiger partial charge in [-0.2, -0.15) is 13.9 Å². The lowest BCUT2D eigenvalue weighted by Crippen LogP contribution is -2.25. The van der Waals surface area contributed by atoms with Crippen molar-refractivity contribution in [3.63, 3.8) is 0 Å². The first-order valence-electron chi connectivity index (χ1n) is 2.61. The van der Waals surface area contributed by atoms with Crippen molar-refractivity contribution in [2.45, 2.75) is 6.05 Å². The van der Waals surface area contributed by atoms with E-state index in [9.17, 15) is 13.2 Å². The van der Waals surface area contributed by atoms with Gasteiger partial charge in [-0.25, -0.2) is 9.07 Å². The minimum absolute atomic E-state index is 0.285. The van der Waals surface area contributed by atoms with E-state index in [1.54, 1.807) is 0 Å². The molecule has 0 spiro atoms. The third kappa shape index (κ3) is 1.12. The van der Waals surface area contributed by atoms with Gasteiger partial charge in [0.2, 0.25) is 0 Å². The Labute approximate surface area is 55.3 Å². The maximum Gasteiger partial charge on any atom is 0.371 e. The van der Waals surface area contributed by atoms with E-state index in [2.05, 4.69) is 5.10 Å². The van der Waals surface area contributed by atoms with Crippen LogP contribution < -0.4 is 0 Å². The molecule has 1 rings (SSSR count). The van der Waals surface area contributed by atoms with Crippen LogP contribution in [0.15, 0.2) is 18.5 Å². The Balaban J connectivity index is 2.85. The van der Waals surface area contributed by atoms with Gasteiger partial charge < -0.3 is 0 Å². The molecule has 2 nitrogen and oxygen atoms in total. The number of aromatic nitrogens is 2. The number of nitrogens with zero attached hydrogens (tertiary/aromatic N) is 2. The Morgan fingerprint density at radius 1 is 1.50 bits per heavy atom. The zero-order chi connectivity index (χ0) is 7.61. The number of hydrogen-bond donors (Lipinski definition) is 0. The predicted octanol–water partition coefficient (Wildman–Crippen LogP) is 1.40. The van der Waals surface area contributed by atoms with Gasteiger partial charge in [0.15, 0.2) is 6.67 Å². The lowest BCUT2D eigenvalue weighted by molar-refractivity contribution is -0.109. The molecule has 0 aliphatic carbocycles. The van der Waals surface area contributed by atoms with Crippen LogP contribution in [-0.2, 0) is 6.05 Å². The summed E-state index contributed by atoms with van der Waals surface area (Å²) in [5.74, 6) is 0. The van der Waals surface area contributed by atoms with E-state index in [0.717, 1.165) is 6.20 Å². The first-order valence-corrected chi connectivity index (χ1v) is 2.61.